The van der Waals surface area contributed by atoms with Crippen LogP contribution in [0.1, 0.15) is 51.5 Å². The van der Waals surface area contributed by atoms with E-state index in [4.69, 9.17) is 0 Å². The minimum absolute atomic E-state index is 0.163. The highest BCUT2D eigenvalue weighted by atomic mass is 32.2. The quantitative estimate of drug-likeness (QED) is 0.687. The van der Waals surface area contributed by atoms with Crippen molar-refractivity contribution in [3.63, 3.8) is 0 Å². The summed E-state index contributed by atoms with van der Waals surface area (Å²) in [6.07, 6.45) is 7.72. The molecule has 0 aliphatic heterocycles. The van der Waals surface area contributed by atoms with Crippen LogP contribution in [-0.4, -0.2) is 43.9 Å². The topological polar surface area (TPSA) is 51.0 Å². The number of hydrogen-bond donors (Lipinski definition) is 0. The molecule has 0 unspecified atom stereocenters. The number of benzene rings is 1. The average Bonchev–Trinajstić information content (AvgIpc) is 3.14. The maximum absolute atomic E-state index is 13.3. The number of carbonyl (C=O) groups is 1. The summed E-state index contributed by atoms with van der Waals surface area (Å²) in [6, 6.07) is 8.55. The van der Waals surface area contributed by atoms with E-state index >= 15 is 0 Å². The maximum atomic E-state index is 13.3. The van der Waals surface area contributed by atoms with E-state index < -0.39 is 0 Å². The van der Waals surface area contributed by atoms with Crippen LogP contribution in [0.4, 0.5) is 0 Å². The minimum Gasteiger partial charge on any atom is -0.342 e. The van der Waals surface area contributed by atoms with Crippen LogP contribution >= 0.6 is 11.8 Å². The lowest BCUT2D eigenvalue weighted by Crippen LogP contribution is -2.44. The second-order valence-corrected chi connectivity index (χ2v) is 8.90. The molecule has 1 aromatic carbocycles. The van der Waals surface area contributed by atoms with Crippen LogP contribution in [0.5, 0.6) is 0 Å². The van der Waals surface area contributed by atoms with Crippen LogP contribution < -0.4 is 0 Å². The van der Waals surface area contributed by atoms with Crippen LogP contribution in [0, 0.1) is 12.8 Å². The summed E-state index contributed by atoms with van der Waals surface area (Å²) >= 11 is 1.53. The van der Waals surface area contributed by atoms with E-state index in [-0.39, 0.29) is 17.1 Å². The Labute approximate surface area is 166 Å². The Bertz CT molecular complexity index is 767. The molecule has 1 atom stereocenters. The molecule has 0 bridgehead atoms. The molecule has 0 N–H and O–H groups in total. The zero-order chi connectivity index (χ0) is 19.4. The molecule has 1 heterocycles. The zero-order valence-electron chi connectivity index (χ0n) is 16.8. The number of carbonyl (C=O) groups excluding carboxylic acids is 1. The van der Waals surface area contributed by atoms with Crippen LogP contribution in [0.25, 0.3) is 5.69 Å². The third-order valence-corrected chi connectivity index (χ3v) is 6.93. The third-order valence-electron chi connectivity index (χ3n) is 5.44. The Kier molecular flexibility index (Phi) is 6.58. The number of amides is 1. The van der Waals surface area contributed by atoms with Gasteiger partial charge in [-0.1, -0.05) is 63.1 Å². The van der Waals surface area contributed by atoms with Crippen molar-refractivity contribution >= 4 is 17.7 Å². The number of aryl methyl sites for hydroxylation is 1. The van der Waals surface area contributed by atoms with Crippen molar-refractivity contribution in [2.75, 3.05) is 7.05 Å². The summed E-state index contributed by atoms with van der Waals surface area (Å²) < 4.78 is 1.99. The van der Waals surface area contributed by atoms with E-state index in [2.05, 4.69) is 43.1 Å². The molecule has 1 fully saturated rings. The molecule has 1 aromatic heterocycles. The van der Waals surface area contributed by atoms with Crippen molar-refractivity contribution in [3.8, 4) is 5.69 Å². The SMILES string of the molecule is Cc1ccccc1-n1cnnc1S[C@H](C(=O)N(C)C1CCCCC1)C(C)C. The van der Waals surface area contributed by atoms with Gasteiger partial charge in [0.05, 0.1) is 10.9 Å². The van der Waals surface area contributed by atoms with E-state index in [1.165, 1.54) is 31.0 Å². The summed E-state index contributed by atoms with van der Waals surface area (Å²) in [4.78, 5) is 15.3. The fourth-order valence-electron chi connectivity index (χ4n) is 3.74. The van der Waals surface area contributed by atoms with Crippen molar-refractivity contribution in [2.45, 2.75) is 69.3 Å². The highest BCUT2D eigenvalue weighted by molar-refractivity contribution is 8.00. The first-order valence-corrected chi connectivity index (χ1v) is 10.8. The van der Waals surface area contributed by atoms with Gasteiger partial charge in [0, 0.05) is 13.1 Å². The van der Waals surface area contributed by atoms with E-state index in [1.807, 2.05) is 28.6 Å². The summed E-state index contributed by atoms with van der Waals surface area (Å²) in [5, 5.41) is 9.04. The van der Waals surface area contributed by atoms with Gasteiger partial charge in [-0.25, -0.2) is 0 Å². The van der Waals surface area contributed by atoms with Gasteiger partial charge in [-0.3, -0.25) is 9.36 Å². The minimum atomic E-state index is -0.163. The Morgan fingerprint density at radius 3 is 2.59 bits per heavy atom. The van der Waals surface area contributed by atoms with Crippen molar-refractivity contribution in [1.29, 1.82) is 0 Å². The van der Waals surface area contributed by atoms with Crippen LogP contribution in [0.15, 0.2) is 35.7 Å². The summed E-state index contributed by atoms with van der Waals surface area (Å²) in [5.41, 5.74) is 2.21. The van der Waals surface area contributed by atoms with Gasteiger partial charge in [0.2, 0.25) is 5.91 Å². The van der Waals surface area contributed by atoms with Gasteiger partial charge in [0.1, 0.15) is 6.33 Å². The smallest absolute Gasteiger partial charge is 0.236 e. The second-order valence-electron chi connectivity index (χ2n) is 7.79. The number of para-hydroxylation sites is 1. The highest BCUT2D eigenvalue weighted by Crippen LogP contribution is 2.32. The monoisotopic (exact) mass is 386 g/mol. The van der Waals surface area contributed by atoms with Gasteiger partial charge in [-0.2, -0.15) is 0 Å². The lowest BCUT2D eigenvalue weighted by Gasteiger charge is -2.34. The number of aromatic nitrogens is 3. The van der Waals surface area contributed by atoms with Crippen molar-refractivity contribution in [2.24, 2.45) is 5.92 Å². The molecule has 0 radical (unpaired) electrons. The first-order chi connectivity index (χ1) is 13.0. The van der Waals surface area contributed by atoms with E-state index in [9.17, 15) is 4.79 Å². The zero-order valence-corrected chi connectivity index (χ0v) is 17.6. The number of thioether (sulfide) groups is 1. The molecule has 2 aromatic rings. The van der Waals surface area contributed by atoms with E-state index in [0.717, 1.165) is 29.2 Å². The number of rotatable bonds is 6. The molecule has 1 saturated carbocycles. The maximum Gasteiger partial charge on any atom is 0.236 e. The van der Waals surface area contributed by atoms with Crippen molar-refractivity contribution in [3.05, 3.63) is 36.2 Å². The van der Waals surface area contributed by atoms with Gasteiger partial charge in [0.25, 0.3) is 0 Å². The Hall–Kier alpha value is -1.82. The molecule has 1 amide bonds. The van der Waals surface area contributed by atoms with E-state index in [1.54, 1.807) is 6.33 Å². The highest BCUT2D eigenvalue weighted by Gasteiger charge is 2.32. The third kappa shape index (κ3) is 4.54. The summed E-state index contributed by atoms with van der Waals surface area (Å²) in [7, 11) is 1.97. The standard InChI is InChI=1S/C21H30N4OS/c1-15(2)19(20(26)24(4)17-11-6-5-7-12-17)27-21-23-22-14-25(21)18-13-9-8-10-16(18)3/h8-10,13-15,17,19H,5-7,11-12H2,1-4H3/t19-/m0/s1. The van der Waals surface area contributed by atoms with Gasteiger partial charge in [-0.15, -0.1) is 10.2 Å². The van der Waals surface area contributed by atoms with Crippen LogP contribution in [-0.2, 0) is 4.79 Å². The largest absolute Gasteiger partial charge is 0.342 e. The van der Waals surface area contributed by atoms with Gasteiger partial charge in [-0.05, 0) is 37.3 Å². The molecule has 0 saturated heterocycles. The predicted octanol–water partition coefficient (Wildman–Crippen LogP) is 4.48. The van der Waals surface area contributed by atoms with E-state index in [0.29, 0.717) is 6.04 Å². The lowest BCUT2D eigenvalue weighted by molar-refractivity contribution is -0.132. The summed E-state index contributed by atoms with van der Waals surface area (Å²) in [6.45, 7) is 6.29. The van der Waals surface area contributed by atoms with Crippen molar-refractivity contribution < 1.29 is 4.79 Å². The Morgan fingerprint density at radius 2 is 1.93 bits per heavy atom. The fraction of sp³-hybridized carbons (Fsp3) is 0.571. The molecular weight excluding hydrogens is 356 g/mol. The first-order valence-electron chi connectivity index (χ1n) is 9.88. The molecule has 5 nitrogen and oxygen atoms in total. The average molecular weight is 387 g/mol. The molecule has 1 aliphatic rings. The molecule has 3 rings (SSSR count). The molecular formula is C21H30N4OS. The number of nitrogens with zero attached hydrogens (tertiary/aromatic N) is 4. The Morgan fingerprint density at radius 1 is 1.22 bits per heavy atom. The molecule has 0 spiro atoms. The second kappa shape index (κ2) is 8.91. The normalized spacial score (nSPS) is 16.5. The lowest BCUT2D eigenvalue weighted by atomic mass is 9.94. The van der Waals surface area contributed by atoms with Gasteiger partial charge in [0.15, 0.2) is 5.16 Å². The predicted molar refractivity (Wildman–Crippen MR) is 110 cm³/mol. The summed E-state index contributed by atoms with van der Waals surface area (Å²) in [5.74, 6) is 0.428. The first kappa shape index (κ1) is 19.9. The van der Waals surface area contributed by atoms with Gasteiger partial charge >= 0.3 is 0 Å². The molecule has 1 aliphatic carbocycles. The number of hydrogen-bond acceptors (Lipinski definition) is 4. The fourth-order valence-corrected chi connectivity index (χ4v) is 4.86. The molecule has 6 heteroatoms. The Balaban J connectivity index is 1.80. The molecule has 146 valence electrons. The van der Waals surface area contributed by atoms with Crippen LogP contribution in [0.2, 0.25) is 0 Å². The van der Waals surface area contributed by atoms with Crippen LogP contribution in [0.3, 0.4) is 0 Å². The van der Waals surface area contributed by atoms with Crippen molar-refractivity contribution in [1.82, 2.24) is 19.7 Å². The van der Waals surface area contributed by atoms with Gasteiger partial charge < -0.3 is 4.90 Å². The molecule has 27 heavy (non-hydrogen) atoms.